The van der Waals surface area contributed by atoms with Crippen molar-refractivity contribution >= 4 is 17.5 Å². The van der Waals surface area contributed by atoms with E-state index in [1.165, 1.54) is 0 Å². The highest BCUT2D eigenvalue weighted by atomic mass is 35.5. The van der Waals surface area contributed by atoms with Gasteiger partial charge in [-0.15, -0.1) is 0 Å². The molecule has 3 rings (SSSR count). The molecule has 0 bridgehead atoms. The predicted octanol–water partition coefficient (Wildman–Crippen LogP) is 4.17. The van der Waals surface area contributed by atoms with Gasteiger partial charge in [-0.25, -0.2) is 0 Å². The largest absolute Gasteiger partial charge is 0.341 e. The predicted molar refractivity (Wildman–Crippen MR) is 102 cm³/mol. The third-order valence-corrected chi connectivity index (χ3v) is 4.53. The molecule has 1 atom stereocenters. The van der Waals surface area contributed by atoms with Gasteiger partial charge in [-0.1, -0.05) is 36.7 Å². The van der Waals surface area contributed by atoms with Crippen LogP contribution in [0.3, 0.4) is 0 Å². The monoisotopic (exact) mass is 368 g/mol. The van der Waals surface area contributed by atoms with Gasteiger partial charge in [-0.05, 0) is 42.7 Å². The van der Waals surface area contributed by atoms with Crippen LogP contribution in [0.15, 0.2) is 55.0 Å². The first-order valence-corrected chi connectivity index (χ1v) is 8.96. The van der Waals surface area contributed by atoms with E-state index in [1.807, 2.05) is 48.0 Å². The lowest BCUT2D eigenvalue weighted by atomic mass is 9.99. The van der Waals surface area contributed by atoms with E-state index in [-0.39, 0.29) is 11.9 Å². The van der Waals surface area contributed by atoms with Crippen LogP contribution in [-0.2, 0) is 6.54 Å². The molecule has 0 unspecified atom stereocenters. The van der Waals surface area contributed by atoms with Gasteiger partial charge >= 0.3 is 0 Å². The number of amides is 1. The number of rotatable bonds is 6. The molecule has 1 N–H and O–H groups in total. The standard InChI is InChI=1S/C20H21ClN4O/c1-3-11-25-14(2)18(13-23-25)20(26)24-19(16-5-4-10-22-12-16)15-6-8-17(21)9-7-15/h4-10,12-13,19H,3,11H2,1-2H3,(H,24,26)/t19-/m1/s1. The number of aromatic nitrogens is 3. The van der Waals surface area contributed by atoms with Crippen LogP contribution < -0.4 is 5.32 Å². The Bertz CT molecular complexity index is 875. The maximum Gasteiger partial charge on any atom is 0.255 e. The maximum atomic E-state index is 12.9. The molecule has 0 saturated heterocycles. The fourth-order valence-electron chi connectivity index (χ4n) is 2.88. The molecule has 0 fully saturated rings. The summed E-state index contributed by atoms with van der Waals surface area (Å²) in [5.74, 6) is -0.159. The van der Waals surface area contributed by atoms with Crippen LogP contribution in [0.5, 0.6) is 0 Å². The number of halogens is 1. The van der Waals surface area contributed by atoms with Crippen molar-refractivity contribution in [3.8, 4) is 0 Å². The zero-order valence-electron chi connectivity index (χ0n) is 14.8. The third kappa shape index (κ3) is 3.94. The lowest BCUT2D eigenvalue weighted by Crippen LogP contribution is -2.29. The van der Waals surface area contributed by atoms with Crippen molar-refractivity contribution in [1.29, 1.82) is 0 Å². The average molecular weight is 369 g/mol. The van der Waals surface area contributed by atoms with Crippen LogP contribution in [0, 0.1) is 6.92 Å². The number of benzene rings is 1. The Morgan fingerprint density at radius 2 is 1.96 bits per heavy atom. The number of nitrogens with one attached hydrogen (secondary N) is 1. The normalized spacial score (nSPS) is 12.0. The first-order valence-electron chi connectivity index (χ1n) is 8.58. The second kappa shape index (κ2) is 8.15. The summed E-state index contributed by atoms with van der Waals surface area (Å²) in [6.45, 7) is 4.79. The van der Waals surface area contributed by atoms with Gasteiger partial charge in [-0.3, -0.25) is 14.5 Å². The summed E-state index contributed by atoms with van der Waals surface area (Å²) < 4.78 is 1.86. The number of hydrogen-bond acceptors (Lipinski definition) is 3. The number of aryl methyl sites for hydroxylation is 1. The Hall–Kier alpha value is -2.66. The van der Waals surface area contributed by atoms with Crippen molar-refractivity contribution in [2.24, 2.45) is 0 Å². The van der Waals surface area contributed by atoms with Crippen molar-refractivity contribution in [2.45, 2.75) is 32.9 Å². The summed E-state index contributed by atoms with van der Waals surface area (Å²) in [7, 11) is 0. The fourth-order valence-corrected chi connectivity index (χ4v) is 3.00. The molecule has 6 heteroatoms. The van der Waals surface area contributed by atoms with Crippen molar-refractivity contribution in [1.82, 2.24) is 20.1 Å². The van der Waals surface area contributed by atoms with Crippen molar-refractivity contribution in [2.75, 3.05) is 0 Å². The van der Waals surface area contributed by atoms with Crippen LogP contribution >= 0.6 is 11.6 Å². The Labute approximate surface area is 158 Å². The number of carbonyl (C=O) groups is 1. The van der Waals surface area contributed by atoms with Crippen LogP contribution in [0.4, 0.5) is 0 Å². The first kappa shape index (κ1) is 18.1. The lowest BCUT2D eigenvalue weighted by molar-refractivity contribution is 0.0942. The number of nitrogens with zero attached hydrogens (tertiary/aromatic N) is 3. The third-order valence-electron chi connectivity index (χ3n) is 4.28. The van der Waals surface area contributed by atoms with Gasteiger partial charge in [0, 0.05) is 29.7 Å². The van der Waals surface area contributed by atoms with Gasteiger partial charge in [0.15, 0.2) is 0 Å². The van der Waals surface area contributed by atoms with Crippen LogP contribution in [0.2, 0.25) is 5.02 Å². The maximum absolute atomic E-state index is 12.9. The average Bonchev–Trinajstić information content (AvgIpc) is 3.02. The highest BCUT2D eigenvalue weighted by molar-refractivity contribution is 6.30. The summed E-state index contributed by atoms with van der Waals surface area (Å²) in [5.41, 5.74) is 3.29. The molecule has 26 heavy (non-hydrogen) atoms. The zero-order valence-corrected chi connectivity index (χ0v) is 15.6. The molecule has 0 spiro atoms. The zero-order chi connectivity index (χ0) is 18.5. The Morgan fingerprint density at radius 3 is 2.62 bits per heavy atom. The molecule has 0 saturated carbocycles. The van der Waals surface area contributed by atoms with Gasteiger partial charge in [0.1, 0.15) is 0 Å². The quantitative estimate of drug-likeness (QED) is 0.710. The molecule has 0 aliphatic heterocycles. The number of pyridine rings is 1. The molecule has 5 nitrogen and oxygen atoms in total. The molecule has 1 aromatic carbocycles. The van der Waals surface area contributed by atoms with E-state index >= 15 is 0 Å². The summed E-state index contributed by atoms with van der Waals surface area (Å²) >= 11 is 6.01. The van der Waals surface area contributed by atoms with Crippen LogP contribution in [0.25, 0.3) is 0 Å². The Morgan fingerprint density at radius 1 is 1.19 bits per heavy atom. The molecule has 0 aliphatic carbocycles. The second-order valence-electron chi connectivity index (χ2n) is 6.11. The lowest BCUT2D eigenvalue weighted by Gasteiger charge is -2.19. The van der Waals surface area contributed by atoms with Crippen LogP contribution in [-0.4, -0.2) is 20.7 Å². The van der Waals surface area contributed by atoms with E-state index in [9.17, 15) is 4.79 Å². The molecule has 2 aromatic heterocycles. The fraction of sp³-hybridized carbons (Fsp3) is 0.250. The minimum Gasteiger partial charge on any atom is -0.341 e. The van der Waals surface area contributed by atoms with Gasteiger partial charge in [-0.2, -0.15) is 5.10 Å². The van der Waals surface area contributed by atoms with Crippen molar-refractivity contribution < 1.29 is 4.79 Å². The first-order chi connectivity index (χ1) is 12.6. The summed E-state index contributed by atoms with van der Waals surface area (Å²) in [5, 5.41) is 8.08. The SMILES string of the molecule is CCCn1ncc(C(=O)N[C@H](c2ccc(Cl)cc2)c2cccnc2)c1C. The van der Waals surface area contributed by atoms with Gasteiger partial charge < -0.3 is 5.32 Å². The molecule has 0 radical (unpaired) electrons. The van der Waals surface area contributed by atoms with Gasteiger partial charge in [0.25, 0.3) is 5.91 Å². The Balaban J connectivity index is 1.91. The summed E-state index contributed by atoms with van der Waals surface area (Å²) in [6.07, 6.45) is 6.06. The minimum atomic E-state index is -0.317. The minimum absolute atomic E-state index is 0.159. The van der Waals surface area contributed by atoms with E-state index in [4.69, 9.17) is 11.6 Å². The molecular weight excluding hydrogens is 348 g/mol. The molecule has 2 heterocycles. The summed E-state index contributed by atoms with van der Waals surface area (Å²) in [4.78, 5) is 17.1. The molecular formula is C20H21ClN4O. The van der Waals surface area contributed by atoms with Gasteiger partial charge in [0.2, 0.25) is 0 Å². The van der Waals surface area contributed by atoms with Crippen molar-refractivity contribution in [3.05, 3.63) is 82.4 Å². The second-order valence-corrected chi connectivity index (χ2v) is 6.55. The van der Waals surface area contributed by atoms with Crippen molar-refractivity contribution in [3.63, 3.8) is 0 Å². The van der Waals surface area contributed by atoms with E-state index in [2.05, 4.69) is 22.3 Å². The molecule has 134 valence electrons. The van der Waals surface area contributed by atoms with E-state index in [0.717, 1.165) is 29.8 Å². The van der Waals surface area contributed by atoms with E-state index in [1.54, 1.807) is 18.6 Å². The molecule has 0 aliphatic rings. The number of carbonyl (C=O) groups excluding carboxylic acids is 1. The topological polar surface area (TPSA) is 59.8 Å². The number of hydrogen-bond donors (Lipinski definition) is 1. The highest BCUT2D eigenvalue weighted by Crippen LogP contribution is 2.24. The Kier molecular flexibility index (Phi) is 5.68. The summed E-state index contributed by atoms with van der Waals surface area (Å²) in [6, 6.07) is 10.9. The van der Waals surface area contributed by atoms with E-state index in [0.29, 0.717) is 10.6 Å². The molecule has 3 aromatic rings. The molecule has 1 amide bonds. The van der Waals surface area contributed by atoms with E-state index < -0.39 is 0 Å². The smallest absolute Gasteiger partial charge is 0.255 e. The highest BCUT2D eigenvalue weighted by Gasteiger charge is 2.21. The van der Waals surface area contributed by atoms with Gasteiger partial charge in [0.05, 0.1) is 17.8 Å². The van der Waals surface area contributed by atoms with Crippen LogP contribution in [0.1, 0.15) is 46.6 Å².